The standard InChI is InChI=1S/C23H28N2O5S2/c1-7-23(6,24)18-16(20(27)29-8-2)17(21(28)30-9-3)19(32-18)25-12-14-10-11-15(31-14)22(4,5)13-26/h7,10-13H,1,8-9,24H2,2-6H3. The molecule has 0 fully saturated rings. The third-order valence-electron chi connectivity index (χ3n) is 4.63. The molecule has 1 atom stereocenters. The monoisotopic (exact) mass is 476 g/mol. The van der Waals surface area contributed by atoms with E-state index in [1.54, 1.807) is 27.0 Å². The quantitative estimate of drug-likeness (QED) is 0.229. The minimum atomic E-state index is -1.09. The molecule has 32 heavy (non-hydrogen) atoms. The Hall–Kier alpha value is -2.62. The molecule has 0 aliphatic rings. The molecule has 2 aromatic heterocycles. The zero-order valence-corrected chi connectivity index (χ0v) is 20.5. The number of nitrogens with two attached hydrogens (primary N) is 1. The number of hydrogen-bond donors (Lipinski definition) is 1. The van der Waals surface area contributed by atoms with E-state index in [0.717, 1.165) is 27.4 Å². The van der Waals surface area contributed by atoms with E-state index < -0.39 is 22.9 Å². The number of esters is 2. The second kappa shape index (κ2) is 10.3. The number of ether oxygens (including phenoxy) is 2. The van der Waals surface area contributed by atoms with Gasteiger partial charge in [0.05, 0.1) is 29.7 Å². The number of aldehydes is 1. The summed E-state index contributed by atoms with van der Waals surface area (Å²) in [6, 6.07) is 3.71. The number of rotatable bonds is 10. The van der Waals surface area contributed by atoms with Gasteiger partial charge in [-0.25, -0.2) is 14.6 Å². The molecular weight excluding hydrogens is 448 g/mol. The summed E-state index contributed by atoms with van der Waals surface area (Å²) in [4.78, 5) is 43.5. The fourth-order valence-corrected chi connectivity index (χ4v) is 4.84. The molecule has 0 amide bonds. The second-order valence-electron chi connectivity index (χ2n) is 7.71. The first-order chi connectivity index (χ1) is 15.0. The molecule has 0 bridgehead atoms. The Bertz CT molecular complexity index is 1050. The lowest BCUT2D eigenvalue weighted by molar-refractivity contribution is -0.111. The molecule has 0 saturated heterocycles. The summed E-state index contributed by atoms with van der Waals surface area (Å²) in [5.41, 5.74) is 4.72. The van der Waals surface area contributed by atoms with Crippen LogP contribution in [0.1, 0.15) is 70.0 Å². The van der Waals surface area contributed by atoms with E-state index >= 15 is 0 Å². The summed E-state index contributed by atoms with van der Waals surface area (Å²) in [6.45, 7) is 12.7. The molecule has 0 spiro atoms. The molecular formula is C23H28N2O5S2. The van der Waals surface area contributed by atoms with Crippen molar-refractivity contribution >= 4 is 52.1 Å². The second-order valence-corrected chi connectivity index (χ2v) is 9.83. The van der Waals surface area contributed by atoms with Gasteiger partial charge in [-0.05, 0) is 46.8 Å². The third kappa shape index (κ3) is 5.40. The number of nitrogens with zero attached hydrogens (tertiary/aromatic N) is 1. The van der Waals surface area contributed by atoms with Crippen molar-refractivity contribution in [1.29, 1.82) is 0 Å². The van der Waals surface area contributed by atoms with Crippen molar-refractivity contribution in [2.75, 3.05) is 13.2 Å². The molecule has 1 unspecified atom stereocenters. The number of thiophene rings is 2. The summed E-state index contributed by atoms with van der Waals surface area (Å²) >= 11 is 2.53. The van der Waals surface area contributed by atoms with Gasteiger partial charge in [0.1, 0.15) is 16.9 Å². The summed E-state index contributed by atoms with van der Waals surface area (Å²) in [5, 5.41) is 0.282. The van der Waals surface area contributed by atoms with Gasteiger partial charge in [0, 0.05) is 20.8 Å². The fraction of sp³-hybridized carbons (Fsp3) is 0.391. The van der Waals surface area contributed by atoms with Crippen molar-refractivity contribution in [3.63, 3.8) is 0 Å². The molecule has 0 aliphatic carbocycles. The average molecular weight is 477 g/mol. The van der Waals surface area contributed by atoms with Crippen LogP contribution in [0.2, 0.25) is 0 Å². The number of carbonyl (C=O) groups is 3. The summed E-state index contributed by atoms with van der Waals surface area (Å²) in [5.74, 6) is -1.35. The van der Waals surface area contributed by atoms with Gasteiger partial charge in [-0.2, -0.15) is 0 Å². The molecule has 0 aromatic carbocycles. The molecule has 2 aromatic rings. The minimum Gasteiger partial charge on any atom is -0.462 e. The smallest absolute Gasteiger partial charge is 0.342 e. The van der Waals surface area contributed by atoms with Crippen LogP contribution in [0, 0.1) is 0 Å². The molecule has 9 heteroatoms. The maximum Gasteiger partial charge on any atom is 0.342 e. The van der Waals surface area contributed by atoms with E-state index in [2.05, 4.69) is 11.6 Å². The van der Waals surface area contributed by atoms with Crippen LogP contribution in [0.25, 0.3) is 0 Å². The topological polar surface area (TPSA) is 108 Å². The van der Waals surface area contributed by atoms with Gasteiger partial charge >= 0.3 is 11.9 Å². The molecule has 0 radical (unpaired) electrons. The first kappa shape index (κ1) is 25.6. The zero-order chi connectivity index (χ0) is 24.1. The molecule has 172 valence electrons. The van der Waals surface area contributed by atoms with Crippen LogP contribution < -0.4 is 5.73 Å². The lowest BCUT2D eigenvalue weighted by Crippen LogP contribution is -2.31. The largest absolute Gasteiger partial charge is 0.462 e. The Labute approximate surface area is 196 Å². The Morgan fingerprint density at radius 2 is 1.69 bits per heavy atom. The van der Waals surface area contributed by atoms with Crippen LogP contribution in [0.15, 0.2) is 29.8 Å². The predicted molar refractivity (Wildman–Crippen MR) is 129 cm³/mol. The molecule has 0 saturated carbocycles. The summed E-state index contributed by atoms with van der Waals surface area (Å²) < 4.78 is 10.4. The number of carbonyl (C=O) groups excluding carboxylic acids is 3. The van der Waals surface area contributed by atoms with Crippen LogP contribution in [0.3, 0.4) is 0 Å². The van der Waals surface area contributed by atoms with Gasteiger partial charge in [-0.3, -0.25) is 0 Å². The first-order valence-corrected chi connectivity index (χ1v) is 11.7. The van der Waals surface area contributed by atoms with Gasteiger partial charge in [-0.15, -0.1) is 29.3 Å². The van der Waals surface area contributed by atoms with Gasteiger partial charge in [0.15, 0.2) is 0 Å². The SMILES string of the molecule is C=CC(C)(N)c1sc(N=Cc2ccc(C(C)(C)C=O)s2)c(C(=O)OCC)c1C(=O)OCC. The van der Waals surface area contributed by atoms with E-state index in [1.165, 1.54) is 17.4 Å². The van der Waals surface area contributed by atoms with Crippen molar-refractivity contribution < 1.29 is 23.9 Å². The zero-order valence-electron chi connectivity index (χ0n) is 18.9. The van der Waals surface area contributed by atoms with Crippen LogP contribution in [0.5, 0.6) is 0 Å². The average Bonchev–Trinajstić information content (AvgIpc) is 3.38. The Morgan fingerprint density at radius 3 is 2.22 bits per heavy atom. The van der Waals surface area contributed by atoms with E-state index in [-0.39, 0.29) is 29.3 Å². The van der Waals surface area contributed by atoms with E-state index in [0.29, 0.717) is 4.88 Å². The van der Waals surface area contributed by atoms with Gasteiger partial charge in [0.25, 0.3) is 0 Å². The van der Waals surface area contributed by atoms with E-state index in [9.17, 15) is 14.4 Å². The normalized spacial score (nSPS) is 13.6. The maximum absolute atomic E-state index is 12.8. The highest BCUT2D eigenvalue weighted by Crippen LogP contribution is 2.42. The molecule has 2 heterocycles. The molecule has 2 N–H and O–H groups in total. The number of aliphatic imine (C=N–C) groups is 1. The van der Waals surface area contributed by atoms with Crippen molar-refractivity contribution in [3.8, 4) is 0 Å². The van der Waals surface area contributed by atoms with Crippen LogP contribution >= 0.6 is 22.7 Å². The van der Waals surface area contributed by atoms with Gasteiger partial charge < -0.3 is 20.0 Å². The minimum absolute atomic E-state index is 0.0186. The van der Waals surface area contributed by atoms with Crippen molar-refractivity contribution in [3.05, 3.63) is 50.5 Å². The van der Waals surface area contributed by atoms with Gasteiger partial charge in [-0.1, -0.05) is 6.08 Å². The molecule has 2 rings (SSSR count). The lowest BCUT2D eigenvalue weighted by atomic mass is 9.94. The predicted octanol–water partition coefficient (Wildman–Crippen LogP) is 4.75. The Morgan fingerprint density at radius 1 is 1.09 bits per heavy atom. The summed E-state index contributed by atoms with van der Waals surface area (Å²) in [6.07, 6.45) is 3.98. The Kier molecular flexibility index (Phi) is 8.28. The highest BCUT2D eigenvalue weighted by atomic mass is 32.1. The van der Waals surface area contributed by atoms with Crippen molar-refractivity contribution in [1.82, 2.24) is 0 Å². The molecule has 0 aliphatic heterocycles. The van der Waals surface area contributed by atoms with Crippen LogP contribution in [0.4, 0.5) is 5.00 Å². The van der Waals surface area contributed by atoms with Crippen LogP contribution in [-0.2, 0) is 25.2 Å². The Balaban J connectivity index is 2.65. The van der Waals surface area contributed by atoms with E-state index in [4.69, 9.17) is 15.2 Å². The van der Waals surface area contributed by atoms with E-state index in [1.807, 2.05) is 26.0 Å². The van der Waals surface area contributed by atoms with Crippen molar-refractivity contribution in [2.45, 2.75) is 45.6 Å². The maximum atomic E-state index is 12.8. The summed E-state index contributed by atoms with van der Waals surface area (Å²) in [7, 11) is 0. The third-order valence-corrected chi connectivity index (χ3v) is 7.34. The molecule has 7 nitrogen and oxygen atoms in total. The highest BCUT2D eigenvalue weighted by molar-refractivity contribution is 7.17. The highest BCUT2D eigenvalue weighted by Gasteiger charge is 2.36. The van der Waals surface area contributed by atoms with Crippen LogP contribution in [-0.4, -0.2) is 37.7 Å². The van der Waals surface area contributed by atoms with Gasteiger partial charge in [0.2, 0.25) is 0 Å². The first-order valence-electron chi connectivity index (χ1n) is 10.1. The fourth-order valence-electron chi connectivity index (χ4n) is 2.72. The van der Waals surface area contributed by atoms with Crippen molar-refractivity contribution in [2.24, 2.45) is 10.7 Å². The number of hydrogen-bond acceptors (Lipinski definition) is 9. The lowest BCUT2D eigenvalue weighted by Gasteiger charge is -2.19.